The fourth-order valence-electron chi connectivity index (χ4n) is 2.04. The minimum atomic E-state index is -0.153. The molecule has 0 spiro atoms. The standard InChI is InChI=1S/C12H14BrNO/c1-12(2)8-6-4-5-7-9(8)14(3)11(15)10(12)13/h4-7,10H,1-3H3. The maximum atomic E-state index is 12.0. The predicted molar refractivity (Wildman–Crippen MR) is 65.6 cm³/mol. The number of nitrogens with zero attached hydrogens (tertiary/aromatic N) is 1. The average Bonchev–Trinajstić information content (AvgIpc) is 2.24. The van der Waals surface area contributed by atoms with Gasteiger partial charge in [0.25, 0.3) is 0 Å². The molecule has 0 radical (unpaired) electrons. The number of benzene rings is 1. The zero-order chi connectivity index (χ0) is 11.2. The van der Waals surface area contributed by atoms with E-state index in [9.17, 15) is 4.79 Å². The highest BCUT2D eigenvalue weighted by atomic mass is 79.9. The first-order chi connectivity index (χ1) is 6.96. The highest BCUT2D eigenvalue weighted by Gasteiger charge is 2.42. The number of carbonyl (C=O) groups is 1. The lowest BCUT2D eigenvalue weighted by molar-refractivity contribution is -0.119. The molecule has 2 rings (SSSR count). The van der Waals surface area contributed by atoms with Crippen LogP contribution in [0.15, 0.2) is 24.3 Å². The predicted octanol–water partition coefficient (Wildman–Crippen LogP) is 2.70. The summed E-state index contributed by atoms with van der Waals surface area (Å²) in [5.74, 6) is 0.124. The van der Waals surface area contributed by atoms with Gasteiger partial charge in [0.15, 0.2) is 0 Å². The number of fused-ring (bicyclic) bond motifs is 1. The molecular weight excluding hydrogens is 254 g/mol. The fraction of sp³-hybridized carbons (Fsp3) is 0.417. The smallest absolute Gasteiger partial charge is 0.241 e. The summed E-state index contributed by atoms with van der Waals surface area (Å²) in [7, 11) is 1.82. The van der Waals surface area contributed by atoms with Crippen LogP contribution in [-0.2, 0) is 10.2 Å². The molecule has 0 aliphatic carbocycles. The second kappa shape index (κ2) is 3.34. The molecule has 1 heterocycles. The Hall–Kier alpha value is -0.830. The fourth-order valence-corrected chi connectivity index (χ4v) is 2.60. The molecule has 0 N–H and O–H groups in total. The van der Waals surface area contributed by atoms with Gasteiger partial charge < -0.3 is 4.90 Å². The minimum absolute atomic E-state index is 0.124. The van der Waals surface area contributed by atoms with E-state index in [-0.39, 0.29) is 16.1 Å². The molecule has 1 aromatic rings. The number of para-hydroxylation sites is 1. The van der Waals surface area contributed by atoms with E-state index in [0.717, 1.165) is 5.69 Å². The third-order valence-electron chi connectivity index (χ3n) is 3.14. The molecule has 1 aromatic carbocycles. The van der Waals surface area contributed by atoms with Crippen LogP contribution in [0.4, 0.5) is 5.69 Å². The van der Waals surface area contributed by atoms with Gasteiger partial charge in [-0.15, -0.1) is 0 Å². The van der Waals surface area contributed by atoms with E-state index in [1.165, 1.54) is 5.56 Å². The van der Waals surface area contributed by atoms with Gasteiger partial charge in [-0.3, -0.25) is 4.79 Å². The Kier molecular flexibility index (Phi) is 2.38. The Bertz CT molecular complexity index is 414. The van der Waals surface area contributed by atoms with Crippen molar-refractivity contribution in [2.75, 3.05) is 11.9 Å². The van der Waals surface area contributed by atoms with Crippen LogP contribution in [0.5, 0.6) is 0 Å². The van der Waals surface area contributed by atoms with Gasteiger partial charge in [0, 0.05) is 18.2 Å². The molecule has 80 valence electrons. The van der Waals surface area contributed by atoms with E-state index in [0.29, 0.717) is 0 Å². The summed E-state index contributed by atoms with van der Waals surface area (Å²) < 4.78 is 0. The van der Waals surface area contributed by atoms with E-state index >= 15 is 0 Å². The van der Waals surface area contributed by atoms with Crippen molar-refractivity contribution in [1.82, 2.24) is 0 Å². The first kappa shape index (κ1) is 10.7. The Labute approximate surface area is 98.4 Å². The summed E-state index contributed by atoms with van der Waals surface area (Å²) in [5, 5.41) is 0. The van der Waals surface area contributed by atoms with Crippen LogP contribution in [0.25, 0.3) is 0 Å². The number of carbonyl (C=O) groups excluding carboxylic acids is 1. The Morgan fingerprint density at radius 2 is 1.93 bits per heavy atom. The molecule has 15 heavy (non-hydrogen) atoms. The van der Waals surface area contributed by atoms with Crippen LogP contribution in [0.3, 0.4) is 0 Å². The first-order valence-corrected chi connectivity index (χ1v) is 5.89. The molecule has 1 aliphatic rings. The Morgan fingerprint density at radius 3 is 2.60 bits per heavy atom. The van der Waals surface area contributed by atoms with Gasteiger partial charge in [0.05, 0.1) is 0 Å². The molecule has 0 saturated heterocycles. The van der Waals surface area contributed by atoms with Crippen LogP contribution < -0.4 is 4.90 Å². The molecule has 1 amide bonds. The third kappa shape index (κ3) is 1.41. The van der Waals surface area contributed by atoms with Gasteiger partial charge in [-0.2, -0.15) is 0 Å². The van der Waals surface area contributed by atoms with Gasteiger partial charge in [-0.05, 0) is 11.6 Å². The number of halogens is 1. The molecule has 2 nitrogen and oxygen atoms in total. The van der Waals surface area contributed by atoms with Crippen molar-refractivity contribution in [2.45, 2.75) is 24.1 Å². The van der Waals surface area contributed by atoms with Crippen LogP contribution in [-0.4, -0.2) is 17.8 Å². The van der Waals surface area contributed by atoms with Crippen molar-refractivity contribution in [3.63, 3.8) is 0 Å². The number of rotatable bonds is 0. The second-order valence-electron chi connectivity index (χ2n) is 4.50. The van der Waals surface area contributed by atoms with Gasteiger partial charge in [-0.1, -0.05) is 48.0 Å². The maximum Gasteiger partial charge on any atom is 0.241 e. The van der Waals surface area contributed by atoms with Gasteiger partial charge in [0.1, 0.15) is 4.83 Å². The maximum absolute atomic E-state index is 12.0. The quantitative estimate of drug-likeness (QED) is 0.662. The van der Waals surface area contributed by atoms with E-state index in [4.69, 9.17) is 0 Å². The molecule has 1 atom stereocenters. The zero-order valence-electron chi connectivity index (χ0n) is 9.12. The Morgan fingerprint density at radius 1 is 1.33 bits per heavy atom. The van der Waals surface area contributed by atoms with Crippen LogP contribution in [0.2, 0.25) is 0 Å². The number of alkyl halides is 1. The second-order valence-corrected chi connectivity index (χ2v) is 5.41. The van der Waals surface area contributed by atoms with Crippen LogP contribution in [0, 0.1) is 0 Å². The number of anilines is 1. The first-order valence-electron chi connectivity index (χ1n) is 4.97. The SMILES string of the molecule is CN1C(=O)C(Br)C(C)(C)c2ccccc21. The van der Waals surface area contributed by atoms with Crippen molar-refractivity contribution < 1.29 is 4.79 Å². The minimum Gasteiger partial charge on any atom is -0.314 e. The lowest BCUT2D eigenvalue weighted by atomic mass is 9.77. The molecule has 0 bridgehead atoms. The van der Waals surface area contributed by atoms with Crippen molar-refractivity contribution in [2.24, 2.45) is 0 Å². The van der Waals surface area contributed by atoms with Crippen molar-refractivity contribution in [1.29, 1.82) is 0 Å². The van der Waals surface area contributed by atoms with Crippen LogP contribution >= 0.6 is 15.9 Å². The molecule has 3 heteroatoms. The summed E-state index contributed by atoms with van der Waals surface area (Å²) in [6, 6.07) is 8.07. The van der Waals surface area contributed by atoms with Gasteiger partial charge >= 0.3 is 0 Å². The molecule has 1 unspecified atom stereocenters. The zero-order valence-corrected chi connectivity index (χ0v) is 10.7. The molecule has 0 aromatic heterocycles. The summed E-state index contributed by atoms with van der Waals surface area (Å²) in [4.78, 5) is 13.6. The summed E-state index contributed by atoms with van der Waals surface area (Å²) >= 11 is 3.49. The average molecular weight is 268 g/mol. The summed E-state index contributed by atoms with van der Waals surface area (Å²) in [6.07, 6.45) is 0. The topological polar surface area (TPSA) is 20.3 Å². The third-order valence-corrected chi connectivity index (χ3v) is 4.68. The van der Waals surface area contributed by atoms with Crippen molar-refractivity contribution >= 4 is 27.5 Å². The molecule has 0 fully saturated rings. The lowest BCUT2D eigenvalue weighted by Gasteiger charge is -2.40. The van der Waals surface area contributed by atoms with E-state index in [1.807, 2.05) is 25.2 Å². The van der Waals surface area contributed by atoms with Gasteiger partial charge in [0.2, 0.25) is 5.91 Å². The molecular formula is C12H14BrNO. The monoisotopic (exact) mass is 267 g/mol. The molecule has 1 aliphatic heterocycles. The Balaban J connectivity index is 2.66. The van der Waals surface area contributed by atoms with Crippen LogP contribution in [0.1, 0.15) is 19.4 Å². The summed E-state index contributed by atoms with van der Waals surface area (Å²) in [5.41, 5.74) is 2.08. The summed E-state index contributed by atoms with van der Waals surface area (Å²) in [6.45, 7) is 4.19. The largest absolute Gasteiger partial charge is 0.314 e. The number of hydrogen-bond donors (Lipinski definition) is 0. The van der Waals surface area contributed by atoms with E-state index in [2.05, 4.69) is 35.8 Å². The molecule has 0 saturated carbocycles. The normalized spacial score (nSPS) is 23.9. The number of hydrogen-bond acceptors (Lipinski definition) is 1. The van der Waals surface area contributed by atoms with Gasteiger partial charge in [-0.25, -0.2) is 0 Å². The van der Waals surface area contributed by atoms with E-state index in [1.54, 1.807) is 4.90 Å². The van der Waals surface area contributed by atoms with Crippen molar-refractivity contribution in [3.05, 3.63) is 29.8 Å². The number of amides is 1. The lowest BCUT2D eigenvalue weighted by Crippen LogP contribution is -2.48. The highest BCUT2D eigenvalue weighted by Crippen LogP contribution is 2.42. The van der Waals surface area contributed by atoms with E-state index < -0.39 is 0 Å². The van der Waals surface area contributed by atoms with Crippen molar-refractivity contribution in [3.8, 4) is 0 Å². The highest BCUT2D eigenvalue weighted by molar-refractivity contribution is 9.10.